The quantitative estimate of drug-likeness (QED) is 0.771. The lowest BCUT2D eigenvalue weighted by molar-refractivity contribution is 0.816. The topological polar surface area (TPSA) is 42.1 Å². The molecule has 0 aliphatic rings. The maximum Gasteiger partial charge on any atom is 0.190 e. The van der Waals surface area contributed by atoms with Crippen LogP contribution in [0.5, 0.6) is 0 Å². The van der Waals surface area contributed by atoms with E-state index >= 15 is 0 Å². The van der Waals surface area contributed by atoms with E-state index in [0.29, 0.717) is 6.54 Å². The maximum absolute atomic E-state index is 5.69. The van der Waals surface area contributed by atoms with Crippen LogP contribution in [-0.2, 0) is 0 Å². The molecule has 21 heavy (non-hydrogen) atoms. The van der Waals surface area contributed by atoms with E-state index < -0.39 is 0 Å². The minimum Gasteiger partial charge on any atom is -0.330 e. The first-order valence-electron chi connectivity index (χ1n) is 7.18. The van der Waals surface area contributed by atoms with E-state index in [1.54, 1.807) is 11.3 Å². The Morgan fingerprint density at radius 1 is 1.14 bits per heavy atom. The fraction of sp³-hybridized carbons (Fsp3) is 0.235. The Bertz CT molecular complexity index is 702. The van der Waals surface area contributed by atoms with Gasteiger partial charge in [0.15, 0.2) is 5.13 Å². The zero-order valence-electron chi connectivity index (χ0n) is 12.1. The molecule has 0 bridgehead atoms. The molecular weight excluding hydrogens is 278 g/mol. The van der Waals surface area contributed by atoms with Crippen molar-refractivity contribution >= 4 is 32.4 Å². The molecule has 0 aliphatic carbocycles. The zero-order chi connectivity index (χ0) is 14.7. The van der Waals surface area contributed by atoms with Crippen LogP contribution in [0.1, 0.15) is 12.0 Å². The van der Waals surface area contributed by atoms with E-state index in [2.05, 4.69) is 54.3 Å². The van der Waals surface area contributed by atoms with Crippen molar-refractivity contribution < 1.29 is 0 Å². The van der Waals surface area contributed by atoms with Gasteiger partial charge in [0.05, 0.1) is 10.2 Å². The van der Waals surface area contributed by atoms with Gasteiger partial charge in [-0.05, 0) is 49.7 Å². The summed E-state index contributed by atoms with van der Waals surface area (Å²) in [5.74, 6) is 0. The van der Waals surface area contributed by atoms with Gasteiger partial charge in [-0.1, -0.05) is 35.6 Å². The van der Waals surface area contributed by atoms with Gasteiger partial charge in [0, 0.05) is 12.2 Å². The summed E-state index contributed by atoms with van der Waals surface area (Å²) in [5.41, 5.74) is 9.19. The lowest BCUT2D eigenvalue weighted by atomic mass is 10.2. The monoisotopic (exact) mass is 297 g/mol. The van der Waals surface area contributed by atoms with Gasteiger partial charge >= 0.3 is 0 Å². The molecule has 0 amide bonds. The third-order valence-electron chi connectivity index (χ3n) is 3.41. The molecule has 4 heteroatoms. The molecule has 0 radical (unpaired) electrons. The average Bonchev–Trinajstić information content (AvgIpc) is 2.91. The van der Waals surface area contributed by atoms with E-state index in [4.69, 9.17) is 10.7 Å². The minimum absolute atomic E-state index is 0.688. The second-order valence-corrected chi connectivity index (χ2v) is 6.11. The molecule has 0 fully saturated rings. The molecule has 2 aromatic carbocycles. The van der Waals surface area contributed by atoms with Gasteiger partial charge in [0.1, 0.15) is 0 Å². The van der Waals surface area contributed by atoms with Gasteiger partial charge in [-0.3, -0.25) is 0 Å². The number of aryl methyl sites for hydroxylation is 1. The number of nitrogens with two attached hydrogens (primary N) is 1. The average molecular weight is 297 g/mol. The number of para-hydroxylation sites is 1. The van der Waals surface area contributed by atoms with Crippen LogP contribution < -0.4 is 10.6 Å². The fourth-order valence-corrected chi connectivity index (χ4v) is 3.37. The summed E-state index contributed by atoms with van der Waals surface area (Å²) in [5, 5.41) is 1.04. The summed E-state index contributed by atoms with van der Waals surface area (Å²) in [6.45, 7) is 3.69. The molecule has 0 saturated heterocycles. The Morgan fingerprint density at radius 3 is 2.76 bits per heavy atom. The molecular formula is C17H19N3S. The lowest BCUT2D eigenvalue weighted by Gasteiger charge is -2.22. The van der Waals surface area contributed by atoms with E-state index in [1.807, 2.05) is 6.07 Å². The number of hydrogen-bond donors (Lipinski definition) is 1. The molecule has 0 unspecified atom stereocenters. The minimum atomic E-state index is 0.688. The van der Waals surface area contributed by atoms with E-state index in [9.17, 15) is 0 Å². The Hall–Kier alpha value is -1.91. The lowest BCUT2D eigenvalue weighted by Crippen LogP contribution is -2.20. The first kappa shape index (κ1) is 14.0. The molecule has 0 aliphatic heterocycles. The molecule has 3 nitrogen and oxygen atoms in total. The van der Waals surface area contributed by atoms with Crippen molar-refractivity contribution in [2.75, 3.05) is 18.0 Å². The molecule has 3 rings (SSSR count). The number of fused-ring (bicyclic) bond motifs is 1. The predicted octanol–water partition coefficient (Wildman–Crippen LogP) is 4.09. The number of aromatic nitrogens is 1. The third kappa shape index (κ3) is 3.06. The number of benzene rings is 2. The first-order chi connectivity index (χ1) is 10.3. The Morgan fingerprint density at radius 2 is 2.00 bits per heavy atom. The van der Waals surface area contributed by atoms with Gasteiger partial charge in [-0.25, -0.2) is 4.98 Å². The normalized spacial score (nSPS) is 11.0. The summed E-state index contributed by atoms with van der Waals surface area (Å²) in [6.07, 6.45) is 0.948. The van der Waals surface area contributed by atoms with Crippen LogP contribution in [0.25, 0.3) is 10.2 Å². The van der Waals surface area contributed by atoms with Crippen molar-refractivity contribution in [1.29, 1.82) is 0 Å². The van der Waals surface area contributed by atoms with Crippen molar-refractivity contribution in [3.8, 4) is 0 Å². The molecule has 1 aromatic heterocycles. The van der Waals surface area contributed by atoms with Gasteiger partial charge in [0.2, 0.25) is 0 Å². The van der Waals surface area contributed by atoms with E-state index in [1.165, 1.54) is 16.0 Å². The van der Waals surface area contributed by atoms with Crippen molar-refractivity contribution in [3.63, 3.8) is 0 Å². The smallest absolute Gasteiger partial charge is 0.190 e. The molecule has 0 saturated carbocycles. The van der Waals surface area contributed by atoms with Crippen molar-refractivity contribution in [2.24, 2.45) is 5.73 Å². The Labute approximate surface area is 129 Å². The van der Waals surface area contributed by atoms with Crippen LogP contribution in [-0.4, -0.2) is 18.1 Å². The van der Waals surface area contributed by atoms with Gasteiger partial charge < -0.3 is 10.6 Å². The van der Waals surface area contributed by atoms with Gasteiger partial charge in [0.25, 0.3) is 0 Å². The van der Waals surface area contributed by atoms with Crippen molar-refractivity contribution in [1.82, 2.24) is 4.98 Å². The number of rotatable bonds is 5. The Balaban J connectivity index is 2.02. The number of nitrogens with zero attached hydrogens (tertiary/aromatic N) is 2. The molecule has 1 heterocycles. The van der Waals surface area contributed by atoms with E-state index in [-0.39, 0.29) is 0 Å². The molecule has 0 spiro atoms. The third-order valence-corrected chi connectivity index (χ3v) is 4.47. The van der Waals surface area contributed by atoms with Gasteiger partial charge in [-0.2, -0.15) is 0 Å². The highest BCUT2D eigenvalue weighted by atomic mass is 32.1. The highest BCUT2D eigenvalue weighted by Gasteiger charge is 2.13. The standard InChI is InChI=1S/C17H19N3S/c1-13-6-4-7-14(12-13)20(11-5-10-18)17-19-15-8-2-3-9-16(15)21-17/h2-4,6-9,12H,5,10-11,18H2,1H3. The van der Waals surface area contributed by atoms with Crippen LogP contribution in [0.15, 0.2) is 48.5 Å². The summed E-state index contributed by atoms with van der Waals surface area (Å²) < 4.78 is 1.22. The highest BCUT2D eigenvalue weighted by Crippen LogP contribution is 2.33. The number of anilines is 2. The second kappa shape index (κ2) is 6.24. The maximum atomic E-state index is 5.69. The van der Waals surface area contributed by atoms with Crippen LogP contribution in [0.4, 0.5) is 10.8 Å². The van der Waals surface area contributed by atoms with Crippen LogP contribution in [0, 0.1) is 6.92 Å². The SMILES string of the molecule is Cc1cccc(N(CCCN)c2nc3ccccc3s2)c1. The molecule has 2 N–H and O–H groups in total. The fourth-order valence-electron chi connectivity index (χ4n) is 2.36. The van der Waals surface area contributed by atoms with Gasteiger partial charge in [-0.15, -0.1) is 0 Å². The summed E-state index contributed by atoms with van der Waals surface area (Å²) in [7, 11) is 0. The number of hydrogen-bond acceptors (Lipinski definition) is 4. The van der Waals surface area contributed by atoms with Crippen molar-refractivity contribution in [2.45, 2.75) is 13.3 Å². The number of thiazole rings is 1. The molecule has 108 valence electrons. The Kier molecular flexibility index (Phi) is 4.18. The zero-order valence-corrected chi connectivity index (χ0v) is 12.9. The van der Waals surface area contributed by atoms with Crippen molar-refractivity contribution in [3.05, 3.63) is 54.1 Å². The largest absolute Gasteiger partial charge is 0.330 e. The van der Waals surface area contributed by atoms with E-state index in [0.717, 1.165) is 23.6 Å². The highest BCUT2D eigenvalue weighted by molar-refractivity contribution is 7.22. The molecule has 3 aromatic rings. The molecule has 0 atom stereocenters. The second-order valence-electron chi connectivity index (χ2n) is 5.10. The summed E-state index contributed by atoms with van der Waals surface area (Å²) >= 11 is 1.73. The van der Waals surface area contributed by atoms with Crippen LogP contribution in [0.2, 0.25) is 0 Å². The first-order valence-corrected chi connectivity index (χ1v) is 7.99. The summed E-state index contributed by atoms with van der Waals surface area (Å²) in [6, 6.07) is 16.8. The predicted molar refractivity (Wildman–Crippen MR) is 91.5 cm³/mol. The van der Waals surface area contributed by atoms with Crippen LogP contribution in [0.3, 0.4) is 0 Å². The van der Waals surface area contributed by atoms with Crippen LogP contribution >= 0.6 is 11.3 Å². The summed E-state index contributed by atoms with van der Waals surface area (Å²) in [4.78, 5) is 7.04.